The van der Waals surface area contributed by atoms with Crippen molar-refractivity contribution in [2.75, 3.05) is 13.7 Å². The molecule has 2 rings (SSSR count). The zero-order chi connectivity index (χ0) is 19.8. The number of esters is 1. The third kappa shape index (κ3) is 6.09. The molecule has 27 heavy (non-hydrogen) atoms. The van der Waals surface area contributed by atoms with Gasteiger partial charge in [-0.2, -0.15) is 0 Å². The second-order valence-electron chi connectivity index (χ2n) is 7.07. The number of hydrogen-bond donors (Lipinski definition) is 0. The van der Waals surface area contributed by atoms with Crippen LogP contribution in [0.2, 0.25) is 0 Å². The summed E-state index contributed by atoms with van der Waals surface area (Å²) < 4.78 is 24.0. The fraction of sp³-hybridized carbons (Fsp3) is 0.435. The molecule has 0 aliphatic rings. The Kier molecular flexibility index (Phi) is 7.83. The quantitative estimate of drug-likeness (QED) is 0.533. The Morgan fingerprint density at radius 3 is 2.44 bits per heavy atom. The van der Waals surface area contributed by atoms with E-state index in [1.807, 2.05) is 26.0 Å². The predicted octanol–water partition coefficient (Wildman–Crippen LogP) is 5.66. The van der Waals surface area contributed by atoms with Crippen LogP contribution in [-0.2, 0) is 16.0 Å². The van der Waals surface area contributed by atoms with Gasteiger partial charge in [0.2, 0.25) is 0 Å². The first-order valence-corrected chi connectivity index (χ1v) is 9.54. The molecule has 0 radical (unpaired) electrons. The van der Waals surface area contributed by atoms with E-state index in [0.717, 1.165) is 30.4 Å². The number of benzene rings is 2. The van der Waals surface area contributed by atoms with Crippen LogP contribution in [0.25, 0.3) is 11.1 Å². The van der Waals surface area contributed by atoms with E-state index in [1.54, 1.807) is 13.2 Å². The standard InChI is InChI=1S/C23H29FO3/c1-5-27-23(25)17(3)14-16(2)6-7-18-8-10-19(11-9-18)21-15-20(24)12-13-22(21)26-4/h8-13,15-17H,5-7,14H2,1-4H3. The zero-order valence-electron chi connectivity index (χ0n) is 16.6. The molecule has 0 aliphatic carbocycles. The number of aryl methyl sites for hydroxylation is 1. The minimum atomic E-state index is -0.278. The molecule has 2 aromatic rings. The van der Waals surface area contributed by atoms with Crippen LogP contribution < -0.4 is 4.74 Å². The van der Waals surface area contributed by atoms with Crippen molar-refractivity contribution in [3.8, 4) is 16.9 Å². The van der Waals surface area contributed by atoms with Gasteiger partial charge in [0.25, 0.3) is 0 Å². The van der Waals surface area contributed by atoms with Crippen molar-refractivity contribution in [3.05, 3.63) is 53.8 Å². The van der Waals surface area contributed by atoms with Gasteiger partial charge in [-0.25, -0.2) is 4.39 Å². The summed E-state index contributed by atoms with van der Waals surface area (Å²) >= 11 is 0. The molecular weight excluding hydrogens is 343 g/mol. The molecule has 2 unspecified atom stereocenters. The number of methoxy groups -OCH3 is 1. The number of ether oxygens (including phenoxy) is 2. The molecule has 3 nitrogen and oxygen atoms in total. The lowest BCUT2D eigenvalue weighted by atomic mass is 9.91. The summed E-state index contributed by atoms with van der Waals surface area (Å²) in [7, 11) is 1.59. The van der Waals surface area contributed by atoms with Crippen LogP contribution in [0.3, 0.4) is 0 Å². The van der Waals surface area contributed by atoms with Gasteiger partial charge in [-0.3, -0.25) is 4.79 Å². The van der Waals surface area contributed by atoms with E-state index < -0.39 is 0 Å². The van der Waals surface area contributed by atoms with E-state index in [9.17, 15) is 9.18 Å². The number of carbonyl (C=O) groups excluding carboxylic acids is 1. The molecule has 146 valence electrons. The molecule has 4 heteroatoms. The highest BCUT2D eigenvalue weighted by atomic mass is 19.1. The van der Waals surface area contributed by atoms with E-state index in [4.69, 9.17) is 9.47 Å². The van der Waals surface area contributed by atoms with Gasteiger partial charge in [0.1, 0.15) is 11.6 Å². The summed E-state index contributed by atoms with van der Waals surface area (Å²) in [4.78, 5) is 11.7. The van der Waals surface area contributed by atoms with Crippen molar-refractivity contribution in [2.45, 2.75) is 40.0 Å². The number of halogens is 1. The van der Waals surface area contributed by atoms with Gasteiger partial charge in [-0.05, 0) is 61.4 Å². The Morgan fingerprint density at radius 2 is 1.81 bits per heavy atom. The summed E-state index contributed by atoms with van der Waals surface area (Å²) in [5.74, 6) is 0.637. The maximum Gasteiger partial charge on any atom is 0.308 e. The zero-order valence-corrected chi connectivity index (χ0v) is 16.6. The van der Waals surface area contributed by atoms with E-state index in [0.29, 0.717) is 18.3 Å². The molecule has 0 aromatic heterocycles. The first kappa shape index (κ1) is 20.9. The Hall–Kier alpha value is -2.36. The normalized spacial score (nSPS) is 13.1. The highest BCUT2D eigenvalue weighted by Gasteiger charge is 2.17. The smallest absolute Gasteiger partial charge is 0.308 e. The molecule has 0 bridgehead atoms. The molecule has 0 saturated heterocycles. The van der Waals surface area contributed by atoms with Gasteiger partial charge < -0.3 is 9.47 Å². The fourth-order valence-electron chi connectivity index (χ4n) is 3.27. The molecule has 2 aromatic carbocycles. The lowest BCUT2D eigenvalue weighted by Gasteiger charge is -2.16. The molecule has 0 heterocycles. The minimum absolute atomic E-state index is 0.0669. The van der Waals surface area contributed by atoms with Crippen molar-refractivity contribution in [1.29, 1.82) is 0 Å². The van der Waals surface area contributed by atoms with E-state index in [-0.39, 0.29) is 17.7 Å². The summed E-state index contributed by atoms with van der Waals surface area (Å²) in [6, 6.07) is 12.7. The third-order valence-electron chi connectivity index (χ3n) is 4.80. The molecule has 0 N–H and O–H groups in total. The lowest BCUT2D eigenvalue weighted by molar-refractivity contribution is -0.147. The molecule has 2 atom stereocenters. The number of carbonyl (C=O) groups is 1. The summed E-state index contributed by atoms with van der Waals surface area (Å²) in [5.41, 5.74) is 2.91. The van der Waals surface area contributed by atoms with Crippen LogP contribution in [0.5, 0.6) is 5.75 Å². The average Bonchev–Trinajstić information content (AvgIpc) is 2.67. The van der Waals surface area contributed by atoms with Crippen molar-refractivity contribution >= 4 is 5.97 Å². The van der Waals surface area contributed by atoms with Crippen LogP contribution >= 0.6 is 0 Å². The summed E-state index contributed by atoms with van der Waals surface area (Å²) in [6.45, 7) is 6.36. The van der Waals surface area contributed by atoms with Gasteiger partial charge in [0.15, 0.2) is 0 Å². The highest BCUT2D eigenvalue weighted by Crippen LogP contribution is 2.31. The fourth-order valence-corrected chi connectivity index (χ4v) is 3.27. The monoisotopic (exact) mass is 372 g/mol. The van der Waals surface area contributed by atoms with Crippen LogP contribution in [-0.4, -0.2) is 19.7 Å². The molecule has 0 spiro atoms. The summed E-state index contributed by atoms with van der Waals surface area (Å²) in [6.07, 6.45) is 2.78. The first-order valence-electron chi connectivity index (χ1n) is 9.54. The van der Waals surface area contributed by atoms with Gasteiger partial charge >= 0.3 is 5.97 Å². The van der Waals surface area contributed by atoms with Gasteiger partial charge in [-0.1, -0.05) is 38.1 Å². The van der Waals surface area contributed by atoms with Crippen LogP contribution in [0.4, 0.5) is 4.39 Å². The van der Waals surface area contributed by atoms with Gasteiger partial charge in [-0.15, -0.1) is 0 Å². The maximum atomic E-state index is 13.6. The molecule has 0 saturated carbocycles. The molecule has 0 amide bonds. The molecule has 0 fully saturated rings. The Balaban J connectivity index is 1.94. The van der Waals surface area contributed by atoms with Crippen molar-refractivity contribution in [2.24, 2.45) is 11.8 Å². The van der Waals surface area contributed by atoms with Crippen molar-refractivity contribution in [1.82, 2.24) is 0 Å². The maximum absolute atomic E-state index is 13.6. The second kappa shape index (κ2) is 10.1. The van der Waals surface area contributed by atoms with Crippen LogP contribution in [0.15, 0.2) is 42.5 Å². The SMILES string of the molecule is CCOC(=O)C(C)CC(C)CCc1ccc(-c2cc(F)ccc2OC)cc1. The average molecular weight is 372 g/mol. The number of rotatable bonds is 9. The van der Waals surface area contributed by atoms with Gasteiger partial charge in [0.05, 0.1) is 19.6 Å². The first-order chi connectivity index (χ1) is 12.9. The van der Waals surface area contributed by atoms with E-state index in [2.05, 4.69) is 19.1 Å². The van der Waals surface area contributed by atoms with Crippen molar-refractivity contribution in [3.63, 3.8) is 0 Å². The van der Waals surface area contributed by atoms with Crippen molar-refractivity contribution < 1.29 is 18.7 Å². The van der Waals surface area contributed by atoms with Crippen LogP contribution in [0.1, 0.15) is 39.2 Å². The lowest BCUT2D eigenvalue weighted by Crippen LogP contribution is -2.17. The topological polar surface area (TPSA) is 35.5 Å². The van der Waals surface area contributed by atoms with Gasteiger partial charge in [0, 0.05) is 5.56 Å². The van der Waals surface area contributed by atoms with Crippen LogP contribution in [0, 0.1) is 17.7 Å². The Labute approximate surface area is 161 Å². The second-order valence-corrected chi connectivity index (χ2v) is 7.07. The third-order valence-corrected chi connectivity index (χ3v) is 4.80. The minimum Gasteiger partial charge on any atom is -0.496 e. The van der Waals surface area contributed by atoms with E-state index >= 15 is 0 Å². The Bertz CT molecular complexity index is 740. The predicted molar refractivity (Wildman–Crippen MR) is 106 cm³/mol. The number of hydrogen-bond acceptors (Lipinski definition) is 3. The molecular formula is C23H29FO3. The molecule has 0 aliphatic heterocycles. The van der Waals surface area contributed by atoms with E-state index in [1.165, 1.54) is 17.7 Å². The Morgan fingerprint density at radius 1 is 1.11 bits per heavy atom. The largest absolute Gasteiger partial charge is 0.496 e. The summed E-state index contributed by atoms with van der Waals surface area (Å²) in [5, 5.41) is 0. The highest BCUT2D eigenvalue weighted by molar-refractivity contribution is 5.72.